The molecule has 0 radical (unpaired) electrons. The molecule has 0 saturated carbocycles. The van der Waals surface area contributed by atoms with Crippen LogP contribution in [0.3, 0.4) is 0 Å². The van der Waals surface area contributed by atoms with Crippen molar-refractivity contribution in [2.24, 2.45) is 4.99 Å². The zero-order chi connectivity index (χ0) is 9.14. The van der Waals surface area contributed by atoms with E-state index >= 15 is 0 Å². The molecular weight excluding hydrogens is 176 g/mol. The maximum atomic E-state index is 11.1. The normalized spacial score (nSPS) is 22.2. The number of nitrogens with zero attached hydrogens (tertiary/aromatic N) is 1. The van der Waals surface area contributed by atoms with Crippen molar-refractivity contribution in [2.45, 2.75) is 19.4 Å². The van der Waals surface area contributed by atoms with Gasteiger partial charge < -0.3 is 5.32 Å². The number of thiocarbonyl (C=S) groups is 1. The van der Waals surface area contributed by atoms with Crippen molar-refractivity contribution in [1.29, 1.82) is 0 Å². The maximum Gasteiger partial charge on any atom is 0.196 e. The van der Waals surface area contributed by atoms with Crippen LogP contribution in [0, 0.1) is 0 Å². The molecular formula is C7H8N2O2S. The van der Waals surface area contributed by atoms with Crippen LogP contribution in [0.2, 0.25) is 0 Å². The minimum absolute atomic E-state index is 0.0426. The van der Waals surface area contributed by atoms with Crippen molar-refractivity contribution in [3.8, 4) is 0 Å². The van der Waals surface area contributed by atoms with E-state index < -0.39 is 6.04 Å². The predicted molar refractivity (Wildman–Crippen MR) is 48.3 cm³/mol. The van der Waals surface area contributed by atoms with Crippen molar-refractivity contribution in [3.63, 3.8) is 0 Å². The van der Waals surface area contributed by atoms with Gasteiger partial charge in [-0.3, -0.25) is 9.59 Å². The molecule has 0 aliphatic carbocycles. The Bertz CT molecular complexity index is 273. The van der Waals surface area contributed by atoms with Gasteiger partial charge in [0, 0.05) is 6.42 Å². The van der Waals surface area contributed by atoms with Crippen molar-refractivity contribution >= 4 is 35.1 Å². The summed E-state index contributed by atoms with van der Waals surface area (Å²) in [5.74, 6) is -0.238. The highest BCUT2D eigenvalue weighted by molar-refractivity contribution is 7.80. The Labute approximate surface area is 75.1 Å². The molecule has 4 nitrogen and oxygen atoms in total. The van der Waals surface area contributed by atoms with Gasteiger partial charge >= 0.3 is 0 Å². The van der Waals surface area contributed by atoms with Crippen LogP contribution in [0.25, 0.3) is 0 Å². The van der Waals surface area contributed by atoms with E-state index in [1.54, 1.807) is 0 Å². The van der Waals surface area contributed by atoms with Crippen LogP contribution in [0.5, 0.6) is 0 Å². The average Bonchev–Trinajstić information content (AvgIpc) is 1.96. The van der Waals surface area contributed by atoms with Gasteiger partial charge in [0.2, 0.25) is 0 Å². The fraction of sp³-hybridized carbons (Fsp3) is 0.429. The second-order valence-corrected chi connectivity index (χ2v) is 2.96. The monoisotopic (exact) mass is 184 g/mol. The largest absolute Gasteiger partial charge is 0.350 e. The molecule has 0 fully saturated rings. The average molecular weight is 184 g/mol. The molecule has 1 rings (SSSR count). The number of Topliss-reactive ketones (excluding diaryl/α,β-unsaturated/α-hetero) is 2. The van der Waals surface area contributed by atoms with Gasteiger partial charge in [-0.15, -0.1) is 0 Å². The molecule has 12 heavy (non-hydrogen) atoms. The lowest BCUT2D eigenvalue weighted by Gasteiger charge is -2.17. The van der Waals surface area contributed by atoms with E-state index in [0.29, 0.717) is 0 Å². The lowest BCUT2D eigenvalue weighted by molar-refractivity contribution is -0.121. The van der Waals surface area contributed by atoms with Gasteiger partial charge in [-0.05, 0) is 19.1 Å². The van der Waals surface area contributed by atoms with Gasteiger partial charge in [-0.25, -0.2) is 4.99 Å². The zero-order valence-corrected chi connectivity index (χ0v) is 7.35. The first kappa shape index (κ1) is 8.99. The molecule has 1 heterocycles. The summed E-state index contributed by atoms with van der Waals surface area (Å²) in [7, 11) is 0. The number of aliphatic imine (C=N–C) groups is 1. The molecule has 0 amide bonds. The highest BCUT2D eigenvalue weighted by atomic mass is 32.1. The first-order valence-corrected chi connectivity index (χ1v) is 3.88. The number of nitrogens with one attached hydrogen (secondary N) is 1. The third kappa shape index (κ3) is 2.20. The van der Waals surface area contributed by atoms with Crippen LogP contribution in [0.4, 0.5) is 0 Å². The first-order chi connectivity index (χ1) is 5.59. The van der Waals surface area contributed by atoms with Crippen LogP contribution in [0.1, 0.15) is 13.3 Å². The molecule has 0 aromatic rings. The minimum Gasteiger partial charge on any atom is -0.350 e. The summed E-state index contributed by atoms with van der Waals surface area (Å²) in [4.78, 5) is 25.3. The topological polar surface area (TPSA) is 58.5 Å². The van der Waals surface area contributed by atoms with Gasteiger partial charge in [0.05, 0.1) is 12.3 Å². The third-order valence-electron chi connectivity index (χ3n) is 1.44. The Hall–Kier alpha value is -1.10. The standard InChI is InChI=1S/C7H8N2O2S/c1-4(10)2-5-6(11)3-8-7(12)9-5/h3,5H,2H2,1H3,(H,9,12). The summed E-state index contributed by atoms with van der Waals surface area (Å²) >= 11 is 4.72. The lowest BCUT2D eigenvalue weighted by atomic mass is 10.1. The summed E-state index contributed by atoms with van der Waals surface area (Å²) in [6, 6.07) is -0.507. The Morgan fingerprint density at radius 1 is 1.83 bits per heavy atom. The van der Waals surface area contributed by atoms with Crippen LogP contribution in [-0.2, 0) is 9.59 Å². The van der Waals surface area contributed by atoms with Gasteiger partial charge in [0.25, 0.3) is 0 Å². The Kier molecular flexibility index (Phi) is 2.65. The predicted octanol–water partition coefficient (Wildman–Crippen LogP) is -0.138. The molecule has 0 aromatic carbocycles. The van der Waals surface area contributed by atoms with Crippen LogP contribution in [0.15, 0.2) is 4.99 Å². The van der Waals surface area contributed by atoms with E-state index in [0.717, 1.165) is 6.21 Å². The molecule has 1 unspecified atom stereocenters. The molecule has 1 aliphatic rings. The van der Waals surface area contributed by atoms with Crippen molar-refractivity contribution < 1.29 is 9.59 Å². The third-order valence-corrected chi connectivity index (χ3v) is 1.67. The first-order valence-electron chi connectivity index (χ1n) is 3.47. The Morgan fingerprint density at radius 3 is 3.08 bits per heavy atom. The van der Waals surface area contributed by atoms with Gasteiger partial charge in [0.15, 0.2) is 10.9 Å². The minimum atomic E-state index is -0.507. The number of carbonyl (C=O) groups excluding carboxylic acids is 2. The van der Waals surface area contributed by atoms with Gasteiger partial charge in [-0.2, -0.15) is 0 Å². The van der Waals surface area contributed by atoms with E-state index in [4.69, 9.17) is 12.2 Å². The van der Waals surface area contributed by atoms with Crippen LogP contribution >= 0.6 is 12.2 Å². The summed E-state index contributed by atoms with van der Waals surface area (Å²) in [6.07, 6.45) is 1.33. The molecule has 5 heteroatoms. The molecule has 0 spiro atoms. The number of hydrogen-bond donors (Lipinski definition) is 1. The fourth-order valence-corrected chi connectivity index (χ4v) is 1.10. The maximum absolute atomic E-state index is 11.1. The summed E-state index contributed by atoms with van der Waals surface area (Å²) in [6.45, 7) is 1.43. The van der Waals surface area contributed by atoms with Crippen molar-refractivity contribution in [1.82, 2.24) is 5.32 Å². The second kappa shape index (κ2) is 3.53. The SMILES string of the molecule is CC(=O)CC1NC(=S)N=CC1=O. The molecule has 1 atom stereocenters. The second-order valence-electron chi connectivity index (χ2n) is 2.57. The quantitative estimate of drug-likeness (QED) is 0.607. The van der Waals surface area contributed by atoms with Crippen LogP contribution in [-0.4, -0.2) is 28.9 Å². The molecule has 0 saturated heterocycles. The molecule has 1 aliphatic heterocycles. The van der Waals surface area contributed by atoms with E-state index in [2.05, 4.69) is 10.3 Å². The highest BCUT2D eigenvalue weighted by Crippen LogP contribution is 1.99. The summed E-state index contributed by atoms with van der Waals surface area (Å²) in [5.41, 5.74) is 0. The molecule has 64 valence electrons. The zero-order valence-electron chi connectivity index (χ0n) is 6.53. The van der Waals surface area contributed by atoms with E-state index in [1.165, 1.54) is 6.92 Å². The molecule has 1 N–H and O–H groups in total. The smallest absolute Gasteiger partial charge is 0.196 e. The van der Waals surface area contributed by atoms with Crippen molar-refractivity contribution in [2.75, 3.05) is 0 Å². The molecule has 0 aromatic heterocycles. The Balaban J connectivity index is 2.66. The van der Waals surface area contributed by atoms with E-state index in [9.17, 15) is 9.59 Å². The Morgan fingerprint density at radius 2 is 2.50 bits per heavy atom. The summed E-state index contributed by atoms with van der Waals surface area (Å²) < 4.78 is 0. The number of ketones is 2. The van der Waals surface area contributed by atoms with E-state index in [-0.39, 0.29) is 23.1 Å². The van der Waals surface area contributed by atoms with Crippen LogP contribution < -0.4 is 5.32 Å². The number of hydrogen-bond acceptors (Lipinski definition) is 3. The molecule has 0 bridgehead atoms. The highest BCUT2D eigenvalue weighted by Gasteiger charge is 2.22. The summed E-state index contributed by atoms with van der Waals surface area (Å²) in [5, 5.41) is 2.93. The lowest BCUT2D eigenvalue weighted by Crippen LogP contribution is -2.44. The fourth-order valence-electron chi connectivity index (χ4n) is 0.909. The number of carbonyl (C=O) groups is 2. The van der Waals surface area contributed by atoms with Crippen molar-refractivity contribution in [3.05, 3.63) is 0 Å². The van der Waals surface area contributed by atoms with Gasteiger partial charge in [0.1, 0.15) is 5.78 Å². The number of rotatable bonds is 2. The van der Waals surface area contributed by atoms with Gasteiger partial charge in [-0.1, -0.05) is 0 Å². The van der Waals surface area contributed by atoms with E-state index in [1.807, 2.05) is 0 Å².